The number of aromatic amines is 1. The van der Waals surface area contributed by atoms with E-state index < -0.39 is 66.2 Å². The second-order valence-corrected chi connectivity index (χ2v) is 10.4. The molecule has 39 heavy (non-hydrogen) atoms. The quantitative estimate of drug-likeness (QED) is 0.172. The summed E-state index contributed by atoms with van der Waals surface area (Å²) in [7, 11) is 0. The highest BCUT2D eigenvalue weighted by Crippen LogP contribution is 2.19. The molecule has 0 aliphatic rings. The number of benzene rings is 1. The molecule has 0 bridgehead atoms. The van der Waals surface area contributed by atoms with Gasteiger partial charge in [0.25, 0.3) is 0 Å². The minimum Gasteiger partial charge on any atom is -0.481 e. The van der Waals surface area contributed by atoms with E-state index in [-0.39, 0.29) is 25.2 Å². The fourth-order valence-corrected chi connectivity index (χ4v) is 4.19. The van der Waals surface area contributed by atoms with Crippen molar-refractivity contribution in [2.24, 2.45) is 17.6 Å². The zero-order chi connectivity index (χ0) is 29.3. The van der Waals surface area contributed by atoms with Gasteiger partial charge in [0.1, 0.15) is 18.1 Å². The van der Waals surface area contributed by atoms with Crippen LogP contribution in [0.3, 0.4) is 0 Å². The molecule has 0 spiro atoms. The molecule has 0 aliphatic carbocycles. The summed E-state index contributed by atoms with van der Waals surface area (Å²) in [5.41, 5.74) is 7.91. The average Bonchev–Trinajstić information content (AvgIpc) is 3.26. The van der Waals surface area contributed by atoms with Crippen molar-refractivity contribution in [3.05, 3.63) is 36.0 Å². The molecule has 2 aromatic rings. The van der Waals surface area contributed by atoms with Gasteiger partial charge in [-0.2, -0.15) is 0 Å². The molecule has 0 fully saturated rings. The fraction of sp³-hybridized carbons (Fsp3) is 0.519. The summed E-state index contributed by atoms with van der Waals surface area (Å²) in [5, 5.41) is 27.0. The van der Waals surface area contributed by atoms with E-state index >= 15 is 0 Å². The van der Waals surface area contributed by atoms with Crippen LogP contribution in [0.4, 0.5) is 0 Å². The van der Waals surface area contributed by atoms with Gasteiger partial charge < -0.3 is 36.9 Å². The zero-order valence-electron chi connectivity index (χ0n) is 22.7. The molecule has 0 saturated heterocycles. The third kappa shape index (κ3) is 9.40. The molecule has 214 valence electrons. The largest absolute Gasteiger partial charge is 0.481 e. The highest BCUT2D eigenvalue weighted by Gasteiger charge is 2.32. The number of carboxylic acid groups (broad SMARTS) is 2. The van der Waals surface area contributed by atoms with E-state index in [9.17, 15) is 29.1 Å². The number of carboxylic acids is 2. The Hall–Kier alpha value is -3.93. The van der Waals surface area contributed by atoms with E-state index in [1.165, 1.54) is 0 Å². The Labute approximate surface area is 227 Å². The van der Waals surface area contributed by atoms with Gasteiger partial charge in [-0.15, -0.1) is 0 Å². The van der Waals surface area contributed by atoms with Gasteiger partial charge in [0, 0.05) is 23.5 Å². The van der Waals surface area contributed by atoms with E-state index in [0.29, 0.717) is 0 Å². The monoisotopic (exact) mass is 545 g/mol. The maximum Gasteiger partial charge on any atom is 0.326 e. The lowest BCUT2D eigenvalue weighted by molar-refractivity contribution is -0.143. The van der Waals surface area contributed by atoms with Crippen molar-refractivity contribution in [1.82, 2.24) is 20.9 Å². The van der Waals surface area contributed by atoms with Crippen molar-refractivity contribution in [2.45, 2.75) is 77.5 Å². The molecule has 3 amide bonds. The molecule has 1 aromatic carbocycles. The molecule has 2 rings (SSSR count). The van der Waals surface area contributed by atoms with Gasteiger partial charge in [0.2, 0.25) is 17.7 Å². The molecule has 4 atom stereocenters. The van der Waals surface area contributed by atoms with E-state index in [0.717, 1.165) is 16.5 Å². The number of nitrogens with two attached hydrogens (primary N) is 1. The predicted molar refractivity (Wildman–Crippen MR) is 145 cm³/mol. The first kappa shape index (κ1) is 31.3. The average molecular weight is 546 g/mol. The van der Waals surface area contributed by atoms with Gasteiger partial charge in [0.05, 0.1) is 6.04 Å². The molecular weight excluding hydrogens is 506 g/mol. The van der Waals surface area contributed by atoms with Crippen LogP contribution in [0.15, 0.2) is 30.5 Å². The van der Waals surface area contributed by atoms with E-state index in [1.807, 2.05) is 24.3 Å². The van der Waals surface area contributed by atoms with Gasteiger partial charge in [-0.05, 0) is 42.7 Å². The summed E-state index contributed by atoms with van der Waals surface area (Å²) in [6.07, 6.45) is 1.45. The first-order chi connectivity index (χ1) is 18.3. The van der Waals surface area contributed by atoms with Crippen LogP contribution in [-0.4, -0.2) is 69.0 Å². The number of carbonyl (C=O) groups excluding carboxylic acids is 3. The Morgan fingerprint density at radius 1 is 0.897 bits per heavy atom. The van der Waals surface area contributed by atoms with Crippen LogP contribution < -0.4 is 21.7 Å². The van der Waals surface area contributed by atoms with Crippen molar-refractivity contribution in [1.29, 1.82) is 0 Å². The second kappa shape index (κ2) is 14.3. The number of aliphatic carboxylic acids is 2. The van der Waals surface area contributed by atoms with Crippen LogP contribution in [0, 0.1) is 11.8 Å². The Kier molecular flexibility index (Phi) is 11.5. The van der Waals surface area contributed by atoms with E-state index in [2.05, 4.69) is 20.9 Å². The summed E-state index contributed by atoms with van der Waals surface area (Å²) in [6.45, 7) is 6.99. The molecule has 12 heteroatoms. The Bertz CT molecular complexity index is 1180. The van der Waals surface area contributed by atoms with Crippen molar-refractivity contribution < 1.29 is 34.2 Å². The van der Waals surface area contributed by atoms with Gasteiger partial charge in [-0.1, -0.05) is 45.9 Å². The third-order valence-corrected chi connectivity index (χ3v) is 6.30. The number of hydrogen-bond donors (Lipinski definition) is 7. The smallest absolute Gasteiger partial charge is 0.326 e. The number of nitrogens with one attached hydrogen (secondary N) is 4. The zero-order valence-corrected chi connectivity index (χ0v) is 22.7. The molecule has 1 aromatic heterocycles. The number of amides is 3. The molecule has 4 unspecified atom stereocenters. The molecule has 0 saturated carbocycles. The van der Waals surface area contributed by atoms with Gasteiger partial charge >= 0.3 is 11.9 Å². The summed E-state index contributed by atoms with van der Waals surface area (Å²) in [4.78, 5) is 64.9. The minimum atomic E-state index is -1.32. The Morgan fingerprint density at radius 2 is 1.54 bits per heavy atom. The van der Waals surface area contributed by atoms with Gasteiger partial charge in [-0.3, -0.25) is 19.2 Å². The first-order valence-corrected chi connectivity index (χ1v) is 13.0. The summed E-state index contributed by atoms with van der Waals surface area (Å²) in [6, 6.07) is 3.02. The number of aromatic nitrogens is 1. The van der Waals surface area contributed by atoms with Crippen molar-refractivity contribution in [3.8, 4) is 0 Å². The lowest BCUT2D eigenvalue weighted by Gasteiger charge is -2.27. The first-order valence-electron chi connectivity index (χ1n) is 13.0. The third-order valence-electron chi connectivity index (χ3n) is 6.30. The normalized spacial score (nSPS) is 14.4. The van der Waals surface area contributed by atoms with Crippen LogP contribution in [0.2, 0.25) is 0 Å². The summed E-state index contributed by atoms with van der Waals surface area (Å²) < 4.78 is 0. The lowest BCUT2D eigenvalue weighted by atomic mass is 10.00. The standard InChI is InChI=1S/C27H39N5O7/c1-14(2)11-21(27(38)39)31-25(36)20(9-10-22(33)34)30-26(37)23(15(3)4)32-24(35)18(28)12-16-13-29-19-8-6-5-7-17(16)19/h5-8,13-15,18,20-21,23,29H,9-12,28H2,1-4H3,(H,30,37)(H,31,36)(H,32,35)(H,33,34)(H,38,39). The van der Waals surface area contributed by atoms with Crippen molar-refractivity contribution in [2.75, 3.05) is 0 Å². The molecule has 0 aliphatic heterocycles. The Balaban J connectivity index is 2.12. The minimum absolute atomic E-state index is 0.0348. The predicted octanol–water partition coefficient (Wildman–Crippen LogP) is 1.14. The second-order valence-electron chi connectivity index (χ2n) is 10.4. The Morgan fingerprint density at radius 3 is 2.13 bits per heavy atom. The van der Waals surface area contributed by atoms with Gasteiger partial charge in [-0.25, -0.2) is 4.79 Å². The van der Waals surface area contributed by atoms with Crippen molar-refractivity contribution >= 4 is 40.6 Å². The number of carbonyl (C=O) groups is 5. The van der Waals surface area contributed by atoms with Crippen molar-refractivity contribution in [3.63, 3.8) is 0 Å². The molecule has 0 radical (unpaired) electrons. The maximum absolute atomic E-state index is 13.2. The summed E-state index contributed by atoms with van der Waals surface area (Å²) in [5.74, 6) is -4.95. The van der Waals surface area contributed by atoms with Crippen LogP contribution in [0.5, 0.6) is 0 Å². The van der Waals surface area contributed by atoms with Crippen LogP contribution >= 0.6 is 0 Å². The number of hydrogen-bond acceptors (Lipinski definition) is 6. The topological polar surface area (TPSA) is 204 Å². The highest BCUT2D eigenvalue weighted by atomic mass is 16.4. The summed E-state index contributed by atoms with van der Waals surface area (Å²) >= 11 is 0. The van der Waals surface area contributed by atoms with Gasteiger partial charge in [0.15, 0.2) is 0 Å². The lowest BCUT2D eigenvalue weighted by Crippen LogP contribution is -2.58. The SMILES string of the molecule is CC(C)CC(NC(=O)C(CCC(=O)O)NC(=O)C(NC(=O)C(N)Cc1c[nH]c2ccccc12)C(C)C)C(=O)O. The van der Waals surface area contributed by atoms with E-state index in [4.69, 9.17) is 10.8 Å². The molecule has 1 heterocycles. The highest BCUT2D eigenvalue weighted by molar-refractivity contribution is 5.94. The van der Waals surface area contributed by atoms with Crippen LogP contribution in [-0.2, 0) is 30.4 Å². The van der Waals surface area contributed by atoms with Crippen LogP contribution in [0.1, 0.15) is 52.5 Å². The van der Waals surface area contributed by atoms with Crippen LogP contribution in [0.25, 0.3) is 10.9 Å². The molecule has 12 nitrogen and oxygen atoms in total. The van der Waals surface area contributed by atoms with E-state index in [1.54, 1.807) is 33.9 Å². The number of fused-ring (bicyclic) bond motifs is 1. The molecule has 8 N–H and O–H groups in total. The number of rotatable bonds is 15. The number of H-pyrrole nitrogens is 1. The maximum atomic E-state index is 13.2. The fourth-order valence-electron chi connectivity index (χ4n) is 4.19. The number of para-hydroxylation sites is 1. The molecular formula is C27H39N5O7.